The summed E-state index contributed by atoms with van der Waals surface area (Å²) in [5.74, 6) is -0.259. The Hall–Kier alpha value is -1.66. The molecule has 0 spiro atoms. The van der Waals surface area contributed by atoms with Gasteiger partial charge in [0.15, 0.2) is 0 Å². The van der Waals surface area contributed by atoms with Crippen molar-refractivity contribution in [3.05, 3.63) is 33.3 Å². The van der Waals surface area contributed by atoms with Crippen molar-refractivity contribution in [2.24, 2.45) is 0 Å². The monoisotopic (exact) mass is 283 g/mol. The fraction of sp³-hybridized carbons (Fsp3) is 0.417. The molecule has 0 unspecified atom stereocenters. The molecule has 0 aliphatic carbocycles. The van der Waals surface area contributed by atoms with Crippen molar-refractivity contribution >= 4 is 28.9 Å². The highest BCUT2D eigenvalue weighted by atomic mass is 35.5. The molecule has 2 N–H and O–H groups in total. The van der Waals surface area contributed by atoms with Gasteiger partial charge in [-0.15, -0.1) is 0 Å². The molecule has 0 saturated carbocycles. The number of nitro benzene ring substituents is 1. The Morgan fingerprint density at radius 2 is 2.26 bits per heavy atom. The Morgan fingerprint density at radius 1 is 1.47 bits per heavy atom. The zero-order valence-electron chi connectivity index (χ0n) is 10.2. The minimum Gasteiger partial charge on any atom is -0.319 e. The van der Waals surface area contributed by atoms with Gasteiger partial charge in [-0.05, 0) is 31.5 Å². The van der Waals surface area contributed by atoms with Crippen molar-refractivity contribution in [1.29, 1.82) is 0 Å². The third-order valence-electron chi connectivity index (χ3n) is 3.04. The highest BCUT2D eigenvalue weighted by Crippen LogP contribution is 2.28. The van der Waals surface area contributed by atoms with Crippen LogP contribution in [-0.2, 0) is 4.79 Å². The number of hydrogen-bond donors (Lipinski definition) is 2. The lowest BCUT2D eigenvalue weighted by Gasteiger charge is -2.22. The van der Waals surface area contributed by atoms with Crippen molar-refractivity contribution in [2.75, 3.05) is 11.9 Å². The molecule has 7 heteroatoms. The number of amides is 1. The number of piperidine rings is 1. The largest absolute Gasteiger partial charge is 0.319 e. The van der Waals surface area contributed by atoms with Crippen LogP contribution in [0.4, 0.5) is 11.4 Å². The van der Waals surface area contributed by atoms with Gasteiger partial charge in [-0.3, -0.25) is 14.9 Å². The Bertz CT molecular complexity index is 501. The maximum Gasteiger partial charge on any atom is 0.292 e. The first-order valence-corrected chi connectivity index (χ1v) is 6.44. The first-order chi connectivity index (χ1) is 9.08. The number of hydrogen-bond acceptors (Lipinski definition) is 4. The van der Waals surface area contributed by atoms with E-state index in [1.807, 2.05) is 0 Å². The molecule has 19 heavy (non-hydrogen) atoms. The van der Waals surface area contributed by atoms with E-state index in [0.29, 0.717) is 5.02 Å². The van der Waals surface area contributed by atoms with Crippen LogP contribution in [0.2, 0.25) is 5.02 Å². The molecule has 1 aliphatic heterocycles. The van der Waals surface area contributed by atoms with Gasteiger partial charge in [0.05, 0.1) is 11.0 Å². The predicted molar refractivity (Wildman–Crippen MR) is 72.4 cm³/mol. The average molecular weight is 284 g/mol. The molecule has 2 rings (SSSR count). The van der Waals surface area contributed by atoms with Gasteiger partial charge in [0.1, 0.15) is 5.69 Å². The fourth-order valence-corrected chi connectivity index (χ4v) is 2.24. The second-order valence-corrected chi connectivity index (χ2v) is 4.85. The molecule has 0 aromatic heterocycles. The normalized spacial score (nSPS) is 18.9. The smallest absolute Gasteiger partial charge is 0.292 e. The van der Waals surface area contributed by atoms with Crippen LogP contribution in [0.25, 0.3) is 0 Å². The highest BCUT2D eigenvalue weighted by molar-refractivity contribution is 6.31. The minimum absolute atomic E-state index is 0.134. The third-order valence-corrected chi connectivity index (χ3v) is 3.28. The van der Waals surface area contributed by atoms with E-state index in [0.717, 1.165) is 25.8 Å². The summed E-state index contributed by atoms with van der Waals surface area (Å²) in [7, 11) is 0. The molecule has 1 saturated heterocycles. The topological polar surface area (TPSA) is 84.3 Å². The van der Waals surface area contributed by atoms with E-state index < -0.39 is 4.92 Å². The van der Waals surface area contributed by atoms with Crippen LogP contribution in [0.5, 0.6) is 0 Å². The van der Waals surface area contributed by atoms with Gasteiger partial charge in [0, 0.05) is 11.1 Å². The van der Waals surface area contributed by atoms with Gasteiger partial charge in [-0.1, -0.05) is 18.0 Å². The van der Waals surface area contributed by atoms with Gasteiger partial charge < -0.3 is 10.6 Å². The van der Waals surface area contributed by atoms with Gasteiger partial charge in [0.2, 0.25) is 5.91 Å². The summed E-state index contributed by atoms with van der Waals surface area (Å²) in [6.07, 6.45) is 2.75. The molecule has 1 amide bonds. The Labute approximate surface area is 115 Å². The first kappa shape index (κ1) is 13.8. The lowest BCUT2D eigenvalue weighted by Crippen LogP contribution is -2.43. The van der Waals surface area contributed by atoms with E-state index in [2.05, 4.69) is 10.6 Å². The van der Waals surface area contributed by atoms with Gasteiger partial charge >= 0.3 is 0 Å². The van der Waals surface area contributed by atoms with Crippen LogP contribution in [0, 0.1) is 10.1 Å². The average Bonchev–Trinajstić information content (AvgIpc) is 2.39. The van der Waals surface area contributed by atoms with Crippen LogP contribution in [0.3, 0.4) is 0 Å². The molecule has 1 fully saturated rings. The second-order valence-electron chi connectivity index (χ2n) is 4.41. The predicted octanol–water partition coefficient (Wildman–Crippen LogP) is 2.33. The van der Waals surface area contributed by atoms with E-state index in [1.54, 1.807) is 0 Å². The van der Waals surface area contributed by atoms with Crippen LogP contribution in [0.1, 0.15) is 19.3 Å². The van der Waals surface area contributed by atoms with E-state index >= 15 is 0 Å². The van der Waals surface area contributed by atoms with Crippen molar-refractivity contribution in [3.8, 4) is 0 Å². The maximum atomic E-state index is 12.0. The van der Waals surface area contributed by atoms with E-state index in [1.165, 1.54) is 18.2 Å². The van der Waals surface area contributed by atoms with Gasteiger partial charge in [-0.2, -0.15) is 0 Å². The maximum absolute atomic E-state index is 12.0. The van der Waals surface area contributed by atoms with E-state index in [4.69, 9.17) is 11.6 Å². The van der Waals surface area contributed by atoms with Gasteiger partial charge in [0.25, 0.3) is 5.69 Å². The lowest BCUT2D eigenvalue weighted by molar-refractivity contribution is -0.383. The summed E-state index contributed by atoms with van der Waals surface area (Å²) in [6, 6.07) is 3.80. The number of nitrogens with one attached hydrogen (secondary N) is 2. The summed E-state index contributed by atoms with van der Waals surface area (Å²) in [5, 5.41) is 16.9. The number of anilines is 1. The molecule has 102 valence electrons. The van der Waals surface area contributed by atoms with E-state index in [-0.39, 0.29) is 23.3 Å². The van der Waals surface area contributed by atoms with Crippen LogP contribution < -0.4 is 10.6 Å². The van der Waals surface area contributed by atoms with Gasteiger partial charge in [-0.25, -0.2) is 0 Å². The summed E-state index contributed by atoms with van der Waals surface area (Å²) >= 11 is 5.80. The number of carbonyl (C=O) groups is 1. The lowest BCUT2D eigenvalue weighted by atomic mass is 10.0. The molecular weight excluding hydrogens is 270 g/mol. The molecule has 1 atom stereocenters. The summed E-state index contributed by atoms with van der Waals surface area (Å²) in [4.78, 5) is 22.4. The molecule has 0 bridgehead atoms. The zero-order valence-corrected chi connectivity index (χ0v) is 10.9. The molecule has 1 aromatic carbocycles. The molecule has 1 aliphatic rings. The summed E-state index contributed by atoms with van der Waals surface area (Å²) in [6.45, 7) is 0.787. The van der Waals surface area contributed by atoms with E-state index in [9.17, 15) is 14.9 Å². The standard InChI is InChI=1S/C12H14ClN3O3/c13-8-4-5-11(16(18)19)10(7-8)15-12(17)9-3-1-2-6-14-9/h4-5,7,9,14H,1-3,6H2,(H,15,17)/t9-/m1/s1. The number of carbonyl (C=O) groups excluding carboxylic acids is 1. The van der Waals surface area contributed by atoms with Crippen molar-refractivity contribution in [3.63, 3.8) is 0 Å². The van der Waals surface area contributed by atoms with Crippen LogP contribution in [0.15, 0.2) is 18.2 Å². The van der Waals surface area contributed by atoms with Crippen LogP contribution >= 0.6 is 11.6 Å². The zero-order chi connectivity index (χ0) is 13.8. The third kappa shape index (κ3) is 3.42. The molecule has 6 nitrogen and oxygen atoms in total. The molecule has 1 heterocycles. The quantitative estimate of drug-likeness (QED) is 0.659. The van der Waals surface area contributed by atoms with Crippen molar-refractivity contribution in [1.82, 2.24) is 5.32 Å². The molecule has 0 radical (unpaired) electrons. The Morgan fingerprint density at radius 3 is 2.89 bits per heavy atom. The van der Waals surface area contributed by atoms with Crippen molar-refractivity contribution < 1.29 is 9.72 Å². The number of nitro groups is 1. The number of halogens is 1. The highest BCUT2D eigenvalue weighted by Gasteiger charge is 2.23. The first-order valence-electron chi connectivity index (χ1n) is 6.06. The summed E-state index contributed by atoms with van der Waals surface area (Å²) < 4.78 is 0. The summed E-state index contributed by atoms with van der Waals surface area (Å²) in [5.41, 5.74) is -0.0246. The number of rotatable bonds is 3. The number of benzene rings is 1. The molecular formula is C12H14ClN3O3. The van der Waals surface area contributed by atoms with Crippen LogP contribution in [-0.4, -0.2) is 23.4 Å². The SMILES string of the molecule is O=C(Nc1cc(Cl)ccc1[N+](=O)[O-])[C@H]1CCCCN1. The Kier molecular flexibility index (Phi) is 4.34. The van der Waals surface area contributed by atoms with Crippen molar-refractivity contribution in [2.45, 2.75) is 25.3 Å². The number of nitrogens with zero attached hydrogens (tertiary/aromatic N) is 1. The molecule has 1 aromatic rings. The minimum atomic E-state index is -0.541. The fourth-order valence-electron chi connectivity index (χ4n) is 2.06. The second kappa shape index (κ2) is 5.99. The Balaban J connectivity index is 2.15.